The van der Waals surface area contributed by atoms with Gasteiger partial charge in [-0.25, -0.2) is 0 Å². The van der Waals surface area contributed by atoms with E-state index < -0.39 is 0 Å². The quantitative estimate of drug-likeness (QED) is 0.858. The zero-order chi connectivity index (χ0) is 13.0. The Morgan fingerprint density at radius 1 is 1.22 bits per heavy atom. The van der Waals surface area contributed by atoms with Gasteiger partial charge in [0.2, 0.25) is 0 Å². The average molecular weight is 246 g/mol. The van der Waals surface area contributed by atoms with Crippen molar-refractivity contribution in [1.82, 2.24) is 5.32 Å². The molecule has 18 heavy (non-hydrogen) atoms. The van der Waals surface area contributed by atoms with Crippen LogP contribution in [0.15, 0.2) is 18.2 Å². The van der Waals surface area contributed by atoms with Gasteiger partial charge in [-0.2, -0.15) is 0 Å². The molecule has 1 unspecified atom stereocenters. The molecule has 1 heterocycles. The number of nitrogens with zero attached hydrogens (tertiary/aromatic N) is 1. The Labute approximate surface area is 111 Å². The van der Waals surface area contributed by atoms with Crippen molar-refractivity contribution in [2.75, 3.05) is 31.6 Å². The summed E-state index contributed by atoms with van der Waals surface area (Å²) in [7, 11) is 2.21. The van der Waals surface area contributed by atoms with E-state index in [2.05, 4.69) is 49.3 Å². The highest BCUT2D eigenvalue weighted by Gasteiger charge is 2.13. The summed E-state index contributed by atoms with van der Waals surface area (Å²) in [6.07, 6.45) is 4.03. The van der Waals surface area contributed by atoms with Crippen LogP contribution in [0, 0.1) is 19.8 Å². The molecule has 2 rings (SSSR count). The summed E-state index contributed by atoms with van der Waals surface area (Å²) in [5, 5.41) is 3.44. The van der Waals surface area contributed by atoms with Crippen LogP contribution in [0.4, 0.5) is 5.69 Å². The minimum Gasteiger partial charge on any atom is -0.375 e. The fourth-order valence-corrected chi connectivity index (χ4v) is 2.88. The van der Waals surface area contributed by atoms with Crippen molar-refractivity contribution in [3.8, 4) is 0 Å². The highest BCUT2D eigenvalue weighted by molar-refractivity contribution is 5.50. The Balaban J connectivity index is 1.81. The van der Waals surface area contributed by atoms with Crippen LogP contribution in [0.25, 0.3) is 0 Å². The topological polar surface area (TPSA) is 15.3 Å². The monoisotopic (exact) mass is 246 g/mol. The molecule has 0 amide bonds. The van der Waals surface area contributed by atoms with Gasteiger partial charge >= 0.3 is 0 Å². The molecule has 1 saturated heterocycles. The van der Waals surface area contributed by atoms with Crippen molar-refractivity contribution in [3.63, 3.8) is 0 Å². The highest BCUT2D eigenvalue weighted by atomic mass is 15.1. The van der Waals surface area contributed by atoms with Crippen LogP contribution in [0.3, 0.4) is 0 Å². The van der Waals surface area contributed by atoms with Crippen LogP contribution < -0.4 is 10.2 Å². The van der Waals surface area contributed by atoms with Gasteiger partial charge in [-0.15, -0.1) is 0 Å². The van der Waals surface area contributed by atoms with Gasteiger partial charge in [0.25, 0.3) is 0 Å². The number of hydrogen-bond acceptors (Lipinski definition) is 2. The van der Waals surface area contributed by atoms with Gasteiger partial charge in [0.15, 0.2) is 0 Å². The van der Waals surface area contributed by atoms with Gasteiger partial charge in [-0.1, -0.05) is 6.07 Å². The Bertz CT molecular complexity index is 360. The van der Waals surface area contributed by atoms with Crippen LogP contribution in [0.5, 0.6) is 0 Å². The third kappa shape index (κ3) is 3.74. The van der Waals surface area contributed by atoms with Gasteiger partial charge in [0.05, 0.1) is 0 Å². The number of anilines is 1. The first-order chi connectivity index (χ1) is 8.65. The Hall–Kier alpha value is -1.02. The largest absolute Gasteiger partial charge is 0.375 e. The lowest BCUT2D eigenvalue weighted by atomic mass is 10.0. The van der Waals surface area contributed by atoms with Crippen LogP contribution >= 0.6 is 0 Å². The zero-order valence-electron chi connectivity index (χ0n) is 12.0. The third-order valence-electron chi connectivity index (χ3n) is 3.92. The van der Waals surface area contributed by atoms with Crippen molar-refractivity contribution in [2.45, 2.75) is 33.1 Å². The average Bonchev–Trinajstić information content (AvgIpc) is 2.80. The molecule has 1 aliphatic rings. The first-order valence-electron chi connectivity index (χ1n) is 7.15. The summed E-state index contributed by atoms with van der Waals surface area (Å²) >= 11 is 0. The van der Waals surface area contributed by atoms with Crippen LogP contribution in [0.2, 0.25) is 0 Å². The molecule has 1 fully saturated rings. The summed E-state index contributed by atoms with van der Waals surface area (Å²) in [6.45, 7) is 7.97. The lowest BCUT2D eigenvalue weighted by molar-refractivity contribution is 0.511. The summed E-state index contributed by atoms with van der Waals surface area (Å²) < 4.78 is 0. The smallest absolute Gasteiger partial charge is 0.0368 e. The molecule has 1 atom stereocenters. The van der Waals surface area contributed by atoms with Gasteiger partial charge in [-0.3, -0.25) is 0 Å². The van der Waals surface area contributed by atoms with E-state index in [4.69, 9.17) is 0 Å². The zero-order valence-corrected chi connectivity index (χ0v) is 12.0. The molecule has 2 nitrogen and oxygen atoms in total. The molecule has 0 aromatic heterocycles. The van der Waals surface area contributed by atoms with E-state index in [9.17, 15) is 0 Å². The summed E-state index contributed by atoms with van der Waals surface area (Å²) in [5.74, 6) is 0.914. The Morgan fingerprint density at radius 2 is 1.94 bits per heavy atom. The summed E-state index contributed by atoms with van der Waals surface area (Å²) in [6, 6.07) is 6.80. The number of rotatable bonds is 5. The lowest BCUT2D eigenvalue weighted by Gasteiger charge is -2.21. The van der Waals surface area contributed by atoms with Crippen molar-refractivity contribution in [1.29, 1.82) is 0 Å². The predicted octanol–water partition coefficient (Wildman–Crippen LogP) is 3.13. The standard InChI is InChI=1S/C16H26N2/c1-13-9-14(2)11-16(10-13)18(3)8-4-5-15-6-7-17-12-15/h9-11,15,17H,4-8,12H2,1-3H3. The Morgan fingerprint density at radius 3 is 2.56 bits per heavy atom. The molecule has 100 valence electrons. The molecule has 0 spiro atoms. The van der Waals surface area contributed by atoms with Gasteiger partial charge in [-0.05, 0) is 75.4 Å². The molecule has 0 saturated carbocycles. The molecule has 1 aromatic rings. The van der Waals surface area contributed by atoms with Gasteiger partial charge in [0, 0.05) is 19.3 Å². The maximum absolute atomic E-state index is 3.44. The number of nitrogens with one attached hydrogen (secondary N) is 1. The molecule has 0 radical (unpaired) electrons. The first-order valence-corrected chi connectivity index (χ1v) is 7.15. The van der Waals surface area contributed by atoms with Gasteiger partial charge in [0.1, 0.15) is 0 Å². The van der Waals surface area contributed by atoms with Crippen LogP contribution in [-0.2, 0) is 0 Å². The van der Waals surface area contributed by atoms with E-state index in [0.717, 1.165) is 5.92 Å². The van der Waals surface area contributed by atoms with Crippen molar-refractivity contribution in [2.24, 2.45) is 5.92 Å². The maximum atomic E-state index is 3.44. The van der Waals surface area contributed by atoms with E-state index in [0.29, 0.717) is 0 Å². The third-order valence-corrected chi connectivity index (χ3v) is 3.92. The second-order valence-corrected chi connectivity index (χ2v) is 5.77. The fourth-order valence-electron chi connectivity index (χ4n) is 2.88. The second-order valence-electron chi connectivity index (χ2n) is 5.77. The second kappa shape index (κ2) is 6.24. The number of benzene rings is 1. The lowest BCUT2D eigenvalue weighted by Crippen LogP contribution is -2.20. The maximum Gasteiger partial charge on any atom is 0.0368 e. The Kier molecular flexibility index (Phi) is 4.65. The molecule has 1 aliphatic heterocycles. The SMILES string of the molecule is Cc1cc(C)cc(N(C)CCCC2CCNC2)c1. The number of hydrogen-bond donors (Lipinski definition) is 1. The van der Waals surface area contributed by atoms with Crippen LogP contribution in [-0.4, -0.2) is 26.7 Å². The molecule has 1 aromatic carbocycles. The molecule has 0 bridgehead atoms. The summed E-state index contributed by atoms with van der Waals surface area (Å²) in [5.41, 5.74) is 4.07. The van der Waals surface area contributed by atoms with Crippen molar-refractivity contribution in [3.05, 3.63) is 29.3 Å². The molecule has 0 aliphatic carbocycles. The highest BCUT2D eigenvalue weighted by Crippen LogP contribution is 2.19. The molecule has 1 N–H and O–H groups in total. The van der Waals surface area contributed by atoms with Crippen molar-refractivity contribution < 1.29 is 0 Å². The normalized spacial score (nSPS) is 19.2. The predicted molar refractivity (Wildman–Crippen MR) is 79.4 cm³/mol. The first kappa shape index (κ1) is 13.4. The van der Waals surface area contributed by atoms with E-state index in [-0.39, 0.29) is 0 Å². The summed E-state index contributed by atoms with van der Waals surface area (Å²) in [4.78, 5) is 2.39. The van der Waals surface area contributed by atoms with Crippen molar-refractivity contribution >= 4 is 5.69 Å². The minimum atomic E-state index is 0.914. The molecular formula is C16H26N2. The van der Waals surface area contributed by atoms with Crippen LogP contribution in [0.1, 0.15) is 30.4 Å². The fraction of sp³-hybridized carbons (Fsp3) is 0.625. The molecule has 2 heteroatoms. The number of aryl methyl sites for hydroxylation is 2. The van der Waals surface area contributed by atoms with Gasteiger partial charge < -0.3 is 10.2 Å². The minimum absolute atomic E-state index is 0.914. The van der Waals surface area contributed by atoms with E-state index >= 15 is 0 Å². The molecular weight excluding hydrogens is 220 g/mol. The van der Waals surface area contributed by atoms with E-state index in [1.807, 2.05) is 0 Å². The van der Waals surface area contributed by atoms with E-state index in [1.54, 1.807) is 0 Å². The van der Waals surface area contributed by atoms with E-state index in [1.165, 1.54) is 55.7 Å².